The molecule has 3 aromatic rings. The SMILES string of the molecule is COc1ccc2[nH]c3c(c2c1)C[C@@]1(C)C(=O)N(CCCN2CCN(C)CC2)CC(=O)N1[C@@H]3c1cccc(O)c1. The normalized spacial score (nSPS) is 24.2. The minimum absolute atomic E-state index is 0.0199. The number of amides is 2. The van der Waals surface area contributed by atoms with Crippen LogP contribution in [0, 0.1) is 0 Å². The summed E-state index contributed by atoms with van der Waals surface area (Å²) in [4.78, 5) is 40.0. The molecule has 0 spiro atoms. The number of aromatic hydroxyl groups is 1. The summed E-state index contributed by atoms with van der Waals surface area (Å²) >= 11 is 0. The zero-order valence-electron chi connectivity index (χ0n) is 22.9. The van der Waals surface area contributed by atoms with E-state index in [0.717, 1.165) is 72.6 Å². The predicted molar refractivity (Wildman–Crippen MR) is 149 cm³/mol. The molecule has 2 N–H and O–H groups in total. The van der Waals surface area contributed by atoms with E-state index >= 15 is 0 Å². The quantitative estimate of drug-likeness (QED) is 0.508. The van der Waals surface area contributed by atoms with Crippen molar-refractivity contribution < 1.29 is 19.4 Å². The van der Waals surface area contributed by atoms with E-state index in [4.69, 9.17) is 4.74 Å². The number of nitrogens with zero attached hydrogens (tertiary/aromatic N) is 4. The van der Waals surface area contributed by atoms with Gasteiger partial charge in [0.2, 0.25) is 11.8 Å². The van der Waals surface area contributed by atoms with Gasteiger partial charge in [0.15, 0.2) is 0 Å². The second-order valence-corrected chi connectivity index (χ2v) is 11.4. The number of carbonyl (C=O) groups is 2. The number of likely N-dealkylation sites (N-methyl/N-ethyl adjacent to an activating group) is 1. The minimum Gasteiger partial charge on any atom is -0.508 e. The zero-order valence-corrected chi connectivity index (χ0v) is 22.9. The van der Waals surface area contributed by atoms with Crippen LogP contribution in [0.4, 0.5) is 0 Å². The van der Waals surface area contributed by atoms with Crippen LogP contribution in [0.15, 0.2) is 42.5 Å². The number of fused-ring (bicyclic) bond motifs is 4. The number of ether oxygens (including phenoxy) is 1. The van der Waals surface area contributed by atoms with Crippen LogP contribution in [0.25, 0.3) is 10.9 Å². The van der Waals surface area contributed by atoms with Crippen molar-refractivity contribution in [2.45, 2.75) is 31.3 Å². The van der Waals surface area contributed by atoms with Gasteiger partial charge in [-0.2, -0.15) is 0 Å². The van der Waals surface area contributed by atoms with Crippen LogP contribution in [0.1, 0.15) is 36.2 Å². The average molecular weight is 532 g/mol. The lowest BCUT2D eigenvalue weighted by Gasteiger charge is -2.53. The van der Waals surface area contributed by atoms with Gasteiger partial charge in [0.25, 0.3) is 0 Å². The maximum absolute atomic E-state index is 14.2. The first kappa shape index (κ1) is 25.7. The van der Waals surface area contributed by atoms with Crippen molar-refractivity contribution in [3.8, 4) is 11.5 Å². The molecule has 3 aliphatic heterocycles. The molecule has 2 fully saturated rings. The van der Waals surface area contributed by atoms with Crippen LogP contribution >= 0.6 is 0 Å². The fourth-order valence-electron chi connectivity index (χ4n) is 6.64. The van der Waals surface area contributed by atoms with Crippen molar-refractivity contribution in [1.82, 2.24) is 24.6 Å². The van der Waals surface area contributed by atoms with E-state index in [0.29, 0.717) is 13.0 Å². The average Bonchev–Trinajstić information content (AvgIpc) is 3.28. The number of hydrogen-bond acceptors (Lipinski definition) is 6. The number of carbonyl (C=O) groups excluding carboxylic acids is 2. The maximum atomic E-state index is 14.2. The third-order valence-electron chi connectivity index (χ3n) is 8.76. The van der Waals surface area contributed by atoms with Gasteiger partial charge in [-0.3, -0.25) is 9.59 Å². The van der Waals surface area contributed by atoms with Crippen molar-refractivity contribution >= 4 is 22.7 Å². The fourth-order valence-corrected chi connectivity index (χ4v) is 6.64. The maximum Gasteiger partial charge on any atom is 0.249 e. The van der Waals surface area contributed by atoms with E-state index in [1.165, 1.54) is 0 Å². The standard InChI is InChI=1S/C30H37N5O4/c1-30-18-24-23-17-22(39-3)8-9-25(23)31-27(24)28(20-6-4-7-21(36)16-20)35(30)26(37)19-34(29(30)38)11-5-10-33-14-12-32(2)13-15-33/h4,6-9,16-17,28,31,36H,5,10-15,18-19H2,1-3H3/t28-,30+/m1/s1. The molecule has 6 rings (SSSR count). The van der Waals surface area contributed by atoms with Gasteiger partial charge in [-0.1, -0.05) is 12.1 Å². The first-order valence-electron chi connectivity index (χ1n) is 13.8. The topological polar surface area (TPSA) is 92.4 Å². The number of hydrogen-bond donors (Lipinski definition) is 2. The van der Waals surface area contributed by atoms with Crippen LogP contribution < -0.4 is 4.74 Å². The van der Waals surface area contributed by atoms with Gasteiger partial charge < -0.3 is 34.4 Å². The van der Waals surface area contributed by atoms with Gasteiger partial charge in [-0.15, -0.1) is 0 Å². The van der Waals surface area contributed by atoms with Crippen LogP contribution in [-0.4, -0.2) is 107 Å². The fraction of sp³-hybridized carbons (Fsp3) is 0.467. The van der Waals surface area contributed by atoms with E-state index < -0.39 is 11.6 Å². The number of phenols is 1. The van der Waals surface area contributed by atoms with E-state index in [1.807, 2.05) is 31.2 Å². The Morgan fingerprint density at radius 1 is 1.08 bits per heavy atom. The molecule has 4 heterocycles. The summed E-state index contributed by atoms with van der Waals surface area (Å²) in [5, 5.41) is 11.3. The van der Waals surface area contributed by atoms with Crippen LogP contribution in [0.5, 0.6) is 11.5 Å². The smallest absolute Gasteiger partial charge is 0.249 e. The Balaban J connectivity index is 1.35. The highest BCUT2D eigenvalue weighted by molar-refractivity contribution is 6.00. The molecule has 39 heavy (non-hydrogen) atoms. The molecular formula is C30H37N5O4. The summed E-state index contributed by atoms with van der Waals surface area (Å²) < 4.78 is 5.50. The molecule has 2 aromatic carbocycles. The lowest BCUT2D eigenvalue weighted by molar-refractivity contribution is -0.167. The molecule has 0 unspecified atom stereocenters. The zero-order chi connectivity index (χ0) is 27.3. The molecule has 2 saturated heterocycles. The lowest BCUT2D eigenvalue weighted by Crippen LogP contribution is -2.70. The van der Waals surface area contributed by atoms with E-state index in [-0.39, 0.29) is 24.1 Å². The Labute approximate surface area is 228 Å². The van der Waals surface area contributed by atoms with E-state index in [9.17, 15) is 14.7 Å². The van der Waals surface area contributed by atoms with Gasteiger partial charge in [0.05, 0.1) is 19.7 Å². The number of rotatable bonds is 6. The number of phenolic OH excluding ortho intramolecular Hbond substituents is 1. The number of benzene rings is 2. The first-order chi connectivity index (χ1) is 18.8. The molecule has 3 aliphatic rings. The van der Waals surface area contributed by atoms with E-state index in [1.54, 1.807) is 35.1 Å². The summed E-state index contributed by atoms with van der Waals surface area (Å²) in [6.45, 7) is 7.63. The molecule has 0 saturated carbocycles. The summed E-state index contributed by atoms with van der Waals surface area (Å²) in [5.41, 5.74) is 2.54. The number of H-pyrrole nitrogens is 1. The van der Waals surface area contributed by atoms with Crippen LogP contribution in [0.3, 0.4) is 0 Å². The number of aromatic amines is 1. The second-order valence-electron chi connectivity index (χ2n) is 11.4. The van der Waals surface area contributed by atoms with Crippen molar-refractivity contribution in [2.75, 3.05) is 60.0 Å². The molecule has 2 atom stereocenters. The Kier molecular flexibility index (Phi) is 6.51. The van der Waals surface area contributed by atoms with Crippen LogP contribution in [-0.2, 0) is 16.0 Å². The first-order valence-corrected chi connectivity index (χ1v) is 13.8. The molecule has 2 amide bonds. The highest BCUT2D eigenvalue weighted by Gasteiger charge is 2.55. The summed E-state index contributed by atoms with van der Waals surface area (Å²) in [5.74, 6) is 0.767. The van der Waals surface area contributed by atoms with Crippen LogP contribution in [0.2, 0.25) is 0 Å². The highest BCUT2D eigenvalue weighted by Crippen LogP contribution is 2.47. The molecule has 0 radical (unpaired) electrons. The Bertz CT molecular complexity index is 1410. The third-order valence-corrected chi connectivity index (χ3v) is 8.76. The Morgan fingerprint density at radius 2 is 1.87 bits per heavy atom. The summed E-state index contributed by atoms with van der Waals surface area (Å²) in [6, 6.07) is 12.3. The molecule has 1 aromatic heterocycles. The Hall–Kier alpha value is -3.56. The van der Waals surface area contributed by atoms with Crippen molar-refractivity contribution in [2.24, 2.45) is 0 Å². The van der Waals surface area contributed by atoms with Gasteiger partial charge >= 0.3 is 0 Å². The van der Waals surface area contributed by atoms with Gasteiger partial charge in [0.1, 0.15) is 17.0 Å². The molecule has 0 aliphatic carbocycles. The number of nitrogens with one attached hydrogen (secondary N) is 1. The molecule has 0 bridgehead atoms. The highest BCUT2D eigenvalue weighted by atomic mass is 16.5. The predicted octanol–water partition coefficient (Wildman–Crippen LogP) is 2.59. The summed E-state index contributed by atoms with van der Waals surface area (Å²) in [7, 11) is 3.79. The number of piperazine rings is 2. The van der Waals surface area contributed by atoms with Gasteiger partial charge in [-0.25, -0.2) is 0 Å². The van der Waals surface area contributed by atoms with Crippen molar-refractivity contribution in [3.63, 3.8) is 0 Å². The van der Waals surface area contributed by atoms with Gasteiger partial charge in [0, 0.05) is 55.7 Å². The molecule has 9 nitrogen and oxygen atoms in total. The largest absolute Gasteiger partial charge is 0.508 e. The number of methoxy groups -OCH3 is 1. The third kappa shape index (κ3) is 4.43. The second kappa shape index (κ2) is 9.88. The molecular weight excluding hydrogens is 494 g/mol. The minimum atomic E-state index is -1.05. The molecule has 206 valence electrons. The number of aromatic nitrogens is 1. The van der Waals surface area contributed by atoms with Crippen molar-refractivity contribution in [3.05, 3.63) is 59.3 Å². The Morgan fingerprint density at radius 3 is 2.62 bits per heavy atom. The van der Waals surface area contributed by atoms with E-state index in [2.05, 4.69) is 21.8 Å². The monoisotopic (exact) mass is 531 g/mol. The van der Waals surface area contributed by atoms with Crippen molar-refractivity contribution in [1.29, 1.82) is 0 Å². The lowest BCUT2D eigenvalue weighted by atomic mass is 9.78. The van der Waals surface area contributed by atoms with Gasteiger partial charge in [-0.05, 0) is 68.4 Å². The summed E-state index contributed by atoms with van der Waals surface area (Å²) in [6.07, 6.45) is 1.24. The molecule has 9 heteroatoms.